The normalized spacial score (nSPS) is 10.5. The number of carboxylic acids is 1. The van der Waals surface area contributed by atoms with E-state index in [9.17, 15) is 14.0 Å². The Balaban J connectivity index is 2.20. The van der Waals surface area contributed by atoms with Gasteiger partial charge in [0.2, 0.25) is 0 Å². The fraction of sp³-hybridized carbons (Fsp3) is 0.0556. The number of aromatic carboxylic acids is 1. The lowest BCUT2D eigenvalue weighted by molar-refractivity contribution is 0.0696. The second-order valence-electron chi connectivity index (χ2n) is 5.27. The van der Waals surface area contributed by atoms with Crippen LogP contribution in [0, 0.1) is 17.1 Å². The van der Waals surface area contributed by atoms with Gasteiger partial charge in [-0.1, -0.05) is 12.1 Å². The van der Waals surface area contributed by atoms with E-state index in [0.717, 1.165) is 6.07 Å². The van der Waals surface area contributed by atoms with E-state index in [-0.39, 0.29) is 17.6 Å². The molecule has 0 bridgehead atoms. The summed E-state index contributed by atoms with van der Waals surface area (Å²) in [4.78, 5) is 23.2. The van der Waals surface area contributed by atoms with Gasteiger partial charge in [-0.3, -0.25) is 4.79 Å². The minimum Gasteiger partial charge on any atom is -0.478 e. The number of rotatable bonds is 3. The van der Waals surface area contributed by atoms with E-state index >= 15 is 0 Å². The van der Waals surface area contributed by atoms with Crippen molar-refractivity contribution in [3.63, 3.8) is 0 Å². The summed E-state index contributed by atoms with van der Waals surface area (Å²) in [7, 11) is 0. The van der Waals surface area contributed by atoms with E-state index in [1.807, 2.05) is 6.07 Å². The summed E-state index contributed by atoms with van der Waals surface area (Å²) in [6.45, 7) is 0.0784. The first-order valence-electron chi connectivity index (χ1n) is 7.05. The number of nitriles is 1. The van der Waals surface area contributed by atoms with E-state index in [4.69, 9.17) is 10.4 Å². The summed E-state index contributed by atoms with van der Waals surface area (Å²) in [5, 5.41) is 18.3. The molecule has 118 valence electrons. The molecule has 2 aromatic carbocycles. The predicted octanol–water partition coefficient (Wildman–Crippen LogP) is 2.76. The second kappa shape index (κ2) is 5.97. The molecule has 0 spiro atoms. The zero-order valence-corrected chi connectivity index (χ0v) is 12.4. The molecule has 0 atom stereocenters. The Morgan fingerprint density at radius 3 is 2.71 bits per heavy atom. The summed E-state index contributed by atoms with van der Waals surface area (Å²) >= 11 is 0. The average Bonchev–Trinajstić information content (AvgIpc) is 2.57. The van der Waals surface area contributed by atoms with E-state index < -0.39 is 17.3 Å². The van der Waals surface area contributed by atoms with Gasteiger partial charge in [-0.15, -0.1) is 0 Å². The molecule has 0 saturated heterocycles. The van der Waals surface area contributed by atoms with Crippen molar-refractivity contribution < 1.29 is 14.3 Å². The summed E-state index contributed by atoms with van der Waals surface area (Å²) in [6.07, 6.45) is 0. The lowest BCUT2D eigenvalue weighted by atomic mass is 10.1. The predicted molar refractivity (Wildman–Crippen MR) is 85.4 cm³/mol. The van der Waals surface area contributed by atoms with Gasteiger partial charge in [-0.05, 0) is 35.9 Å². The van der Waals surface area contributed by atoms with Crippen molar-refractivity contribution in [3.05, 3.63) is 81.4 Å². The monoisotopic (exact) mass is 322 g/mol. The van der Waals surface area contributed by atoms with Crippen molar-refractivity contribution in [2.45, 2.75) is 6.54 Å². The molecule has 1 heterocycles. The molecule has 0 radical (unpaired) electrons. The summed E-state index contributed by atoms with van der Waals surface area (Å²) in [5.41, 5.74) is 0.554. The number of aromatic nitrogens is 1. The van der Waals surface area contributed by atoms with Crippen LogP contribution < -0.4 is 5.56 Å². The van der Waals surface area contributed by atoms with Gasteiger partial charge >= 0.3 is 5.97 Å². The van der Waals surface area contributed by atoms with Gasteiger partial charge in [0.15, 0.2) is 0 Å². The highest BCUT2D eigenvalue weighted by Crippen LogP contribution is 2.20. The number of pyridine rings is 1. The van der Waals surface area contributed by atoms with Crippen molar-refractivity contribution in [2.75, 3.05) is 0 Å². The lowest BCUT2D eigenvalue weighted by Crippen LogP contribution is -2.21. The first-order chi connectivity index (χ1) is 11.5. The maximum absolute atomic E-state index is 14.4. The molecular formula is C18H11FN2O3. The third-order valence-corrected chi connectivity index (χ3v) is 3.68. The molecule has 0 saturated carbocycles. The number of fused-ring (bicyclic) bond motifs is 1. The molecule has 1 N–H and O–H groups in total. The van der Waals surface area contributed by atoms with Gasteiger partial charge in [-0.2, -0.15) is 5.26 Å². The zero-order chi connectivity index (χ0) is 17.3. The van der Waals surface area contributed by atoms with Crippen LogP contribution >= 0.6 is 0 Å². The van der Waals surface area contributed by atoms with Gasteiger partial charge in [0.25, 0.3) is 5.56 Å². The SMILES string of the molecule is N#Cc1cccc(Cn2c(=O)ccc3cc(C(=O)O)cc(F)c32)c1. The molecule has 0 unspecified atom stereocenters. The second-order valence-corrected chi connectivity index (χ2v) is 5.27. The Bertz CT molecular complexity index is 1060. The molecule has 0 aliphatic carbocycles. The van der Waals surface area contributed by atoms with Crippen LogP contribution in [0.25, 0.3) is 10.9 Å². The Kier molecular flexibility index (Phi) is 3.84. The Morgan fingerprint density at radius 2 is 2.00 bits per heavy atom. The maximum Gasteiger partial charge on any atom is 0.335 e. The van der Waals surface area contributed by atoms with Crippen molar-refractivity contribution >= 4 is 16.9 Å². The largest absolute Gasteiger partial charge is 0.478 e. The number of hydrogen-bond acceptors (Lipinski definition) is 3. The van der Waals surface area contributed by atoms with E-state index in [2.05, 4.69) is 0 Å². The van der Waals surface area contributed by atoms with Crippen LogP contribution in [0.3, 0.4) is 0 Å². The van der Waals surface area contributed by atoms with Gasteiger partial charge in [0, 0.05) is 11.5 Å². The Hall–Kier alpha value is -3.46. The lowest BCUT2D eigenvalue weighted by Gasteiger charge is -2.12. The standard InChI is InChI=1S/C18H11FN2O3/c19-15-8-14(18(23)24)7-13-4-5-16(22)21(17(13)15)10-12-3-1-2-11(6-12)9-20/h1-8H,10H2,(H,23,24). The highest BCUT2D eigenvalue weighted by Gasteiger charge is 2.13. The topological polar surface area (TPSA) is 83.1 Å². The van der Waals surface area contributed by atoms with Crippen LogP contribution in [0.5, 0.6) is 0 Å². The van der Waals surface area contributed by atoms with E-state index in [0.29, 0.717) is 16.5 Å². The van der Waals surface area contributed by atoms with Gasteiger partial charge in [-0.25, -0.2) is 9.18 Å². The number of hydrogen-bond donors (Lipinski definition) is 1. The van der Waals surface area contributed by atoms with E-state index in [1.54, 1.807) is 24.3 Å². The summed E-state index contributed by atoms with van der Waals surface area (Å²) < 4.78 is 15.6. The van der Waals surface area contributed by atoms with Crippen LogP contribution in [-0.4, -0.2) is 15.6 Å². The van der Waals surface area contributed by atoms with Crippen molar-refractivity contribution in [1.29, 1.82) is 5.26 Å². The fourth-order valence-corrected chi connectivity index (χ4v) is 2.60. The zero-order valence-electron chi connectivity index (χ0n) is 12.4. The minimum atomic E-state index is -1.24. The van der Waals surface area contributed by atoms with Crippen molar-refractivity contribution in [1.82, 2.24) is 4.57 Å². The molecule has 6 heteroatoms. The molecule has 3 rings (SSSR count). The van der Waals surface area contributed by atoms with Crippen LogP contribution in [0.15, 0.2) is 53.3 Å². The molecule has 0 amide bonds. The number of nitrogens with zero attached hydrogens (tertiary/aromatic N) is 2. The van der Waals surface area contributed by atoms with Crippen LogP contribution in [-0.2, 0) is 6.54 Å². The highest BCUT2D eigenvalue weighted by molar-refractivity contribution is 5.93. The highest BCUT2D eigenvalue weighted by atomic mass is 19.1. The molecule has 3 aromatic rings. The fourth-order valence-electron chi connectivity index (χ4n) is 2.60. The van der Waals surface area contributed by atoms with Crippen molar-refractivity contribution in [2.24, 2.45) is 0 Å². The van der Waals surface area contributed by atoms with Crippen molar-refractivity contribution in [3.8, 4) is 6.07 Å². The quantitative estimate of drug-likeness (QED) is 0.803. The molecule has 24 heavy (non-hydrogen) atoms. The molecule has 1 aromatic heterocycles. The smallest absolute Gasteiger partial charge is 0.335 e. The molecule has 0 fully saturated rings. The minimum absolute atomic E-state index is 0.0369. The van der Waals surface area contributed by atoms with Gasteiger partial charge in [0.05, 0.1) is 29.3 Å². The number of halogens is 1. The average molecular weight is 322 g/mol. The number of benzene rings is 2. The first kappa shape index (κ1) is 15.4. The maximum atomic E-state index is 14.4. The van der Waals surface area contributed by atoms with Crippen LogP contribution in [0.2, 0.25) is 0 Å². The molecule has 5 nitrogen and oxygen atoms in total. The Labute approximate surface area is 135 Å². The third-order valence-electron chi connectivity index (χ3n) is 3.68. The van der Waals surface area contributed by atoms with E-state index in [1.165, 1.54) is 22.8 Å². The third kappa shape index (κ3) is 2.75. The Morgan fingerprint density at radius 1 is 1.21 bits per heavy atom. The van der Waals surface area contributed by atoms with Crippen LogP contribution in [0.1, 0.15) is 21.5 Å². The molecule has 0 aliphatic rings. The molecule has 0 aliphatic heterocycles. The molecular weight excluding hydrogens is 311 g/mol. The summed E-state index contributed by atoms with van der Waals surface area (Å²) in [6, 6.07) is 13.6. The van der Waals surface area contributed by atoms with Crippen LogP contribution in [0.4, 0.5) is 4.39 Å². The first-order valence-corrected chi connectivity index (χ1v) is 7.05. The van der Waals surface area contributed by atoms with Gasteiger partial charge in [0.1, 0.15) is 5.82 Å². The number of carboxylic acid groups (broad SMARTS) is 1. The van der Waals surface area contributed by atoms with Gasteiger partial charge < -0.3 is 9.67 Å². The summed E-state index contributed by atoms with van der Waals surface area (Å²) in [5.74, 6) is -2.02. The number of carbonyl (C=O) groups is 1.